The number of hydrogen-bond donors (Lipinski definition) is 0. The molecular weight excluding hydrogens is 138 g/mol. The Morgan fingerprint density at radius 2 is 1.64 bits per heavy atom. The van der Waals surface area contributed by atoms with E-state index in [9.17, 15) is 0 Å². The van der Waals surface area contributed by atoms with Crippen LogP contribution in [0.15, 0.2) is 0 Å². The normalized spacial score (nSPS) is 24.0. The van der Waals surface area contributed by atoms with Crippen LogP contribution in [0.1, 0.15) is 20.8 Å². The molecule has 1 aliphatic rings. The average Bonchev–Trinajstić information content (AvgIpc) is 2.05. The molecule has 0 N–H and O–H groups in total. The molecule has 0 amide bonds. The van der Waals surface area contributed by atoms with Gasteiger partial charge in [0.1, 0.15) is 0 Å². The molecule has 1 rings (SSSR count). The molecule has 1 heterocycles. The van der Waals surface area contributed by atoms with E-state index >= 15 is 0 Å². The summed E-state index contributed by atoms with van der Waals surface area (Å²) in [6.07, 6.45) is 0. The summed E-state index contributed by atoms with van der Waals surface area (Å²) in [7, 11) is 0. The van der Waals surface area contributed by atoms with Gasteiger partial charge in [-0.05, 0) is 12.8 Å². The highest BCUT2D eigenvalue weighted by molar-refractivity contribution is 4.71. The molecule has 2 heteroatoms. The molecule has 2 nitrogen and oxygen atoms in total. The van der Waals surface area contributed by atoms with E-state index in [2.05, 4.69) is 25.7 Å². The molecule has 0 aliphatic carbocycles. The SMILES string of the molecule is CC(C)[C@@H](C)N1CCOCC1. The van der Waals surface area contributed by atoms with Gasteiger partial charge in [0, 0.05) is 19.1 Å². The number of nitrogens with zero attached hydrogens (tertiary/aromatic N) is 1. The van der Waals surface area contributed by atoms with Crippen molar-refractivity contribution in [3.63, 3.8) is 0 Å². The third kappa shape index (κ3) is 2.46. The van der Waals surface area contributed by atoms with Gasteiger partial charge in [0.2, 0.25) is 0 Å². The Kier molecular flexibility index (Phi) is 3.34. The highest BCUT2D eigenvalue weighted by Gasteiger charge is 2.18. The molecule has 0 unspecified atom stereocenters. The number of morpholine rings is 1. The highest BCUT2D eigenvalue weighted by Crippen LogP contribution is 2.11. The molecule has 1 aliphatic heterocycles. The largest absolute Gasteiger partial charge is 0.379 e. The van der Waals surface area contributed by atoms with E-state index in [0.717, 1.165) is 32.2 Å². The van der Waals surface area contributed by atoms with Gasteiger partial charge in [0.05, 0.1) is 13.2 Å². The molecular formula is C9H19NO. The lowest BCUT2D eigenvalue weighted by Crippen LogP contribution is -2.44. The molecule has 66 valence electrons. The van der Waals surface area contributed by atoms with E-state index in [0.29, 0.717) is 6.04 Å². The lowest BCUT2D eigenvalue weighted by Gasteiger charge is -2.34. The van der Waals surface area contributed by atoms with E-state index in [4.69, 9.17) is 4.74 Å². The first-order valence-electron chi connectivity index (χ1n) is 4.53. The highest BCUT2D eigenvalue weighted by atomic mass is 16.5. The quantitative estimate of drug-likeness (QED) is 0.600. The first-order valence-corrected chi connectivity index (χ1v) is 4.53. The maximum absolute atomic E-state index is 5.29. The fourth-order valence-corrected chi connectivity index (χ4v) is 1.41. The van der Waals surface area contributed by atoms with Crippen LogP contribution in [0.5, 0.6) is 0 Å². The molecule has 0 aromatic carbocycles. The van der Waals surface area contributed by atoms with Gasteiger partial charge in [0.25, 0.3) is 0 Å². The van der Waals surface area contributed by atoms with Crippen LogP contribution in [0.4, 0.5) is 0 Å². The van der Waals surface area contributed by atoms with Crippen LogP contribution in [0.2, 0.25) is 0 Å². The average molecular weight is 157 g/mol. The monoisotopic (exact) mass is 157 g/mol. The topological polar surface area (TPSA) is 12.5 Å². The Morgan fingerprint density at radius 1 is 1.09 bits per heavy atom. The van der Waals surface area contributed by atoms with Crippen molar-refractivity contribution in [1.82, 2.24) is 4.90 Å². The van der Waals surface area contributed by atoms with Gasteiger partial charge in [-0.2, -0.15) is 0 Å². The molecule has 0 saturated carbocycles. The fraction of sp³-hybridized carbons (Fsp3) is 1.00. The molecule has 11 heavy (non-hydrogen) atoms. The van der Waals surface area contributed by atoms with E-state index in [1.807, 2.05) is 0 Å². The summed E-state index contributed by atoms with van der Waals surface area (Å²) in [5.41, 5.74) is 0. The predicted octanol–water partition coefficient (Wildman–Crippen LogP) is 1.36. The molecule has 0 aromatic rings. The third-order valence-electron chi connectivity index (χ3n) is 2.59. The lowest BCUT2D eigenvalue weighted by atomic mass is 10.0. The predicted molar refractivity (Wildman–Crippen MR) is 46.7 cm³/mol. The lowest BCUT2D eigenvalue weighted by molar-refractivity contribution is 0.0109. The first-order chi connectivity index (χ1) is 5.22. The summed E-state index contributed by atoms with van der Waals surface area (Å²) in [5, 5.41) is 0. The van der Waals surface area contributed by atoms with Crippen LogP contribution in [0, 0.1) is 5.92 Å². The van der Waals surface area contributed by atoms with E-state index in [1.54, 1.807) is 0 Å². The second-order valence-electron chi connectivity index (χ2n) is 3.63. The zero-order valence-electron chi connectivity index (χ0n) is 7.84. The van der Waals surface area contributed by atoms with Crippen molar-refractivity contribution in [2.45, 2.75) is 26.8 Å². The van der Waals surface area contributed by atoms with Gasteiger partial charge < -0.3 is 4.74 Å². The van der Waals surface area contributed by atoms with Crippen LogP contribution in [0.3, 0.4) is 0 Å². The zero-order chi connectivity index (χ0) is 8.27. The van der Waals surface area contributed by atoms with Crippen molar-refractivity contribution < 1.29 is 4.74 Å². The van der Waals surface area contributed by atoms with Gasteiger partial charge >= 0.3 is 0 Å². The molecule has 0 aromatic heterocycles. The second kappa shape index (κ2) is 4.07. The van der Waals surface area contributed by atoms with Crippen molar-refractivity contribution in [3.05, 3.63) is 0 Å². The van der Waals surface area contributed by atoms with Crippen molar-refractivity contribution in [2.24, 2.45) is 5.92 Å². The van der Waals surface area contributed by atoms with Gasteiger partial charge in [0.15, 0.2) is 0 Å². The first kappa shape index (κ1) is 9.01. The number of ether oxygens (including phenoxy) is 1. The van der Waals surface area contributed by atoms with E-state index in [1.165, 1.54) is 0 Å². The maximum atomic E-state index is 5.29. The molecule has 1 saturated heterocycles. The molecule has 0 bridgehead atoms. The Hall–Kier alpha value is -0.0800. The Balaban J connectivity index is 2.32. The summed E-state index contributed by atoms with van der Waals surface area (Å²) < 4.78 is 5.29. The van der Waals surface area contributed by atoms with Crippen LogP contribution in [-0.4, -0.2) is 37.2 Å². The molecule has 1 fully saturated rings. The summed E-state index contributed by atoms with van der Waals surface area (Å²) in [4.78, 5) is 2.51. The van der Waals surface area contributed by atoms with Gasteiger partial charge in [-0.3, -0.25) is 4.90 Å². The van der Waals surface area contributed by atoms with Crippen LogP contribution in [0.25, 0.3) is 0 Å². The number of hydrogen-bond acceptors (Lipinski definition) is 2. The van der Waals surface area contributed by atoms with Crippen molar-refractivity contribution in [3.8, 4) is 0 Å². The van der Waals surface area contributed by atoms with Gasteiger partial charge in [-0.25, -0.2) is 0 Å². The summed E-state index contributed by atoms with van der Waals surface area (Å²) >= 11 is 0. The number of rotatable bonds is 2. The fourth-order valence-electron chi connectivity index (χ4n) is 1.41. The van der Waals surface area contributed by atoms with E-state index in [-0.39, 0.29) is 0 Å². The van der Waals surface area contributed by atoms with Crippen LogP contribution >= 0.6 is 0 Å². The minimum absolute atomic E-state index is 0.707. The molecule has 1 atom stereocenters. The maximum Gasteiger partial charge on any atom is 0.0594 e. The second-order valence-corrected chi connectivity index (χ2v) is 3.63. The van der Waals surface area contributed by atoms with Gasteiger partial charge in [-0.15, -0.1) is 0 Å². The van der Waals surface area contributed by atoms with Crippen molar-refractivity contribution in [1.29, 1.82) is 0 Å². The zero-order valence-corrected chi connectivity index (χ0v) is 7.84. The third-order valence-corrected chi connectivity index (χ3v) is 2.59. The van der Waals surface area contributed by atoms with E-state index < -0.39 is 0 Å². The minimum atomic E-state index is 0.707. The Bertz CT molecular complexity index is 108. The minimum Gasteiger partial charge on any atom is -0.379 e. The summed E-state index contributed by atoms with van der Waals surface area (Å²) in [6.45, 7) is 10.9. The van der Waals surface area contributed by atoms with Gasteiger partial charge in [-0.1, -0.05) is 13.8 Å². The molecule has 0 radical (unpaired) electrons. The van der Waals surface area contributed by atoms with Crippen LogP contribution < -0.4 is 0 Å². The van der Waals surface area contributed by atoms with Crippen molar-refractivity contribution in [2.75, 3.05) is 26.3 Å². The van der Waals surface area contributed by atoms with Crippen molar-refractivity contribution >= 4 is 0 Å². The summed E-state index contributed by atoms with van der Waals surface area (Å²) in [6, 6.07) is 0.707. The Morgan fingerprint density at radius 3 is 2.09 bits per heavy atom. The smallest absolute Gasteiger partial charge is 0.0594 e. The summed E-state index contributed by atoms with van der Waals surface area (Å²) in [5.74, 6) is 0.757. The molecule has 0 spiro atoms. The Labute approximate surface area is 69.5 Å². The van der Waals surface area contributed by atoms with Crippen LogP contribution in [-0.2, 0) is 4.74 Å². The standard InChI is InChI=1S/C9H19NO/c1-8(2)9(3)10-4-6-11-7-5-10/h8-9H,4-7H2,1-3H3/t9-/m1/s1.